The predicted molar refractivity (Wildman–Crippen MR) is 85.4 cm³/mol. The van der Waals surface area contributed by atoms with Gasteiger partial charge in [-0.25, -0.2) is 0 Å². The standard InChI is InChI=1S/C18H20N2O/c1-12-7-8-16-14(10-12)11-17(21-16)18(19-3)13(2)15-6-4-5-9-20-15/h4-11,13,18-19H,1-3H3. The van der Waals surface area contributed by atoms with Gasteiger partial charge in [-0.1, -0.05) is 24.6 Å². The summed E-state index contributed by atoms with van der Waals surface area (Å²) >= 11 is 0. The van der Waals surface area contributed by atoms with Crippen molar-refractivity contribution < 1.29 is 4.42 Å². The molecule has 1 aromatic carbocycles. The lowest BCUT2D eigenvalue weighted by Crippen LogP contribution is -2.22. The molecular weight excluding hydrogens is 260 g/mol. The lowest BCUT2D eigenvalue weighted by atomic mass is 9.95. The fraction of sp³-hybridized carbons (Fsp3) is 0.278. The number of nitrogens with one attached hydrogen (secondary N) is 1. The van der Waals surface area contributed by atoms with Gasteiger partial charge in [-0.2, -0.15) is 0 Å². The molecule has 0 aliphatic carbocycles. The van der Waals surface area contributed by atoms with Crippen LogP contribution in [0.4, 0.5) is 0 Å². The third-order valence-corrected chi connectivity index (χ3v) is 3.96. The fourth-order valence-electron chi connectivity index (χ4n) is 2.79. The molecule has 0 saturated carbocycles. The second-order valence-electron chi connectivity index (χ2n) is 5.50. The first-order valence-electron chi connectivity index (χ1n) is 7.27. The predicted octanol–water partition coefficient (Wildman–Crippen LogP) is 4.20. The number of aromatic nitrogens is 1. The van der Waals surface area contributed by atoms with Crippen molar-refractivity contribution in [3.8, 4) is 0 Å². The number of benzene rings is 1. The Morgan fingerprint density at radius 1 is 1.14 bits per heavy atom. The summed E-state index contributed by atoms with van der Waals surface area (Å²) in [6.45, 7) is 4.26. The van der Waals surface area contributed by atoms with Gasteiger partial charge in [0.15, 0.2) is 0 Å². The number of likely N-dealkylation sites (N-methyl/N-ethyl adjacent to an activating group) is 1. The van der Waals surface area contributed by atoms with Gasteiger partial charge in [0.05, 0.1) is 6.04 Å². The minimum Gasteiger partial charge on any atom is -0.459 e. The van der Waals surface area contributed by atoms with Crippen molar-refractivity contribution in [1.29, 1.82) is 0 Å². The molecule has 21 heavy (non-hydrogen) atoms. The third-order valence-electron chi connectivity index (χ3n) is 3.96. The normalized spacial score (nSPS) is 14.2. The lowest BCUT2D eigenvalue weighted by Gasteiger charge is -2.21. The maximum absolute atomic E-state index is 6.03. The van der Waals surface area contributed by atoms with Crippen LogP contribution in [0.3, 0.4) is 0 Å². The monoisotopic (exact) mass is 280 g/mol. The number of hydrogen-bond acceptors (Lipinski definition) is 3. The van der Waals surface area contributed by atoms with E-state index in [1.165, 1.54) is 5.56 Å². The maximum atomic E-state index is 6.03. The highest BCUT2D eigenvalue weighted by atomic mass is 16.3. The molecule has 0 saturated heterocycles. The second kappa shape index (κ2) is 5.70. The van der Waals surface area contributed by atoms with Gasteiger partial charge >= 0.3 is 0 Å². The SMILES string of the molecule is CNC(c1cc2cc(C)ccc2o1)C(C)c1ccccn1. The molecular formula is C18H20N2O. The zero-order valence-corrected chi connectivity index (χ0v) is 12.6. The molecule has 0 aliphatic heterocycles. The maximum Gasteiger partial charge on any atom is 0.134 e. The largest absolute Gasteiger partial charge is 0.459 e. The first-order chi connectivity index (χ1) is 10.2. The summed E-state index contributed by atoms with van der Waals surface area (Å²) in [6.07, 6.45) is 1.83. The van der Waals surface area contributed by atoms with Crippen LogP contribution in [-0.2, 0) is 0 Å². The summed E-state index contributed by atoms with van der Waals surface area (Å²) < 4.78 is 6.03. The highest BCUT2D eigenvalue weighted by Crippen LogP contribution is 2.33. The molecule has 0 aliphatic rings. The van der Waals surface area contributed by atoms with E-state index < -0.39 is 0 Å². The Kier molecular flexibility index (Phi) is 3.76. The Morgan fingerprint density at radius 3 is 2.71 bits per heavy atom. The van der Waals surface area contributed by atoms with E-state index in [1.807, 2.05) is 31.4 Å². The molecule has 2 heterocycles. The van der Waals surface area contributed by atoms with Crippen molar-refractivity contribution in [3.63, 3.8) is 0 Å². The van der Waals surface area contributed by atoms with E-state index in [1.54, 1.807) is 0 Å². The molecule has 3 rings (SSSR count). The molecule has 108 valence electrons. The van der Waals surface area contributed by atoms with Crippen molar-refractivity contribution in [2.45, 2.75) is 25.8 Å². The molecule has 0 fully saturated rings. The first kappa shape index (κ1) is 13.8. The van der Waals surface area contributed by atoms with Crippen LogP contribution in [0.25, 0.3) is 11.0 Å². The smallest absolute Gasteiger partial charge is 0.134 e. The van der Waals surface area contributed by atoms with Crippen LogP contribution < -0.4 is 5.32 Å². The van der Waals surface area contributed by atoms with E-state index in [4.69, 9.17) is 4.42 Å². The van der Waals surface area contributed by atoms with Crippen LogP contribution in [0.15, 0.2) is 53.1 Å². The zero-order valence-electron chi connectivity index (χ0n) is 12.6. The molecule has 2 unspecified atom stereocenters. The van der Waals surface area contributed by atoms with E-state index in [-0.39, 0.29) is 12.0 Å². The molecule has 2 aromatic heterocycles. The third kappa shape index (κ3) is 2.69. The Balaban J connectivity index is 1.98. The number of aryl methyl sites for hydroxylation is 1. The molecule has 3 aromatic rings. The quantitative estimate of drug-likeness (QED) is 0.778. The van der Waals surface area contributed by atoms with Crippen LogP contribution in [0, 0.1) is 6.92 Å². The van der Waals surface area contributed by atoms with Crippen molar-refractivity contribution in [2.24, 2.45) is 0 Å². The van der Waals surface area contributed by atoms with Gasteiger partial charge in [0.25, 0.3) is 0 Å². The van der Waals surface area contributed by atoms with Crippen molar-refractivity contribution in [3.05, 3.63) is 65.7 Å². The van der Waals surface area contributed by atoms with Crippen LogP contribution in [0.5, 0.6) is 0 Å². The highest BCUT2D eigenvalue weighted by molar-refractivity contribution is 5.78. The van der Waals surface area contributed by atoms with Crippen LogP contribution in [0.1, 0.15) is 35.9 Å². The Bertz CT molecular complexity index is 733. The van der Waals surface area contributed by atoms with Gasteiger partial charge in [-0.15, -0.1) is 0 Å². The molecule has 3 nitrogen and oxygen atoms in total. The van der Waals surface area contributed by atoms with E-state index in [2.05, 4.69) is 48.4 Å². The summed E-state index contributed by atoms with van der Waals surface area (Å²) in [6, 6.07) is 14.5. The first-order valence-corrected chi connectivity index (χ1v) is 7.27. The van der Waals surface area contributed by atoms with Crippen molar-refractivity contribution in [1.82, 2.24) is 10.3 Å². The summed E-state index contributed by atoms with van der Waals surface area (Å²) in [5.74, 6) is 1.19. The van der Waals surface area contributed by atoms with E-state index in [9.17, 15) is 0 Å². The second-order valence-corrected chi connectivity index (χ2v) is 5.50. The van der Waals surface area contributed by atoms with Crippen LogP contribution in [-0.4, -0.2) is 12.0 Å². The average Bonchev–Trinajstić information content (AvgIpc) is 2.91. The van der Waals surface area contributed by atoms with E-state index in [0.717, 1.165) is 22.4 Å². The van der Waals surface area contributed by atoms with Gasteiger partial charge in [0.2, 0.25) is 0 Å². The number of pyridine rings is 1. The van der Waals surface area contributed by atoms with Gasteiger partial charge < -0.3 is 9.73 Å². The Morgan fingerprint density at radius 2 is 2.00 bits per heavy atom. The number of rotatable bonds is 4. The molecule has 1 N–H and O–H groups in total. The van der Waals surface area contributed by atoms with Crippen LogP contribution in [0.2, 0.25) is 0 Å². The fourth-order valence-corrected chi connectivity index (χ4v) is 2.79. The van der Waals surface area contributed by atoms with Gasteiger partial charge in [0.1, 0.15) is 11.3 Å². The molecule has 2 atom stereocenters. The summed E-state index contributed by atoms with van der Waals surface area (Å²) in [7, 11) is 1.96. The minimum atomic E-state index is 0.104. The molecule has 0 amide bonds. The molecule has 0 radical (unpaired) electrons. The number of nitrogens with zero attached hydrogens (tertiary/aromatic N) is 1. The number of furan rings is 1. The molecule has 0 spiro atoms. The number of hydrogen-bond donors (Lipinski definition) is 1. The van der Waals surface area contributed by atoms with Gasteiger partial charge in [-0.05, 0) is 44.3 Å². The Labute approximate surface area is 125 Å². The van der Waals surface area contributed by atoms with Gasteiger partial charge in [0, 0.05) is 23.2 Å². The molecule has 0 bridgehead atoms. The van der Waals surface area contributed by atoms with E-state index in [0.29, 0.717) is 0 Å². The lowest BCUT2D eigenvalue weighted by molar-refractivity contribution is 0.406. The summed E-state index contributed by atoms with van der Waals surface area (Å²) in [5.41, 5.74) is 3.24. The Hall–Kier alpha value is -2.13. The topological polar surface area (TPSA) is 38.1 Å². The zero-order chi connectivity index (χ0) is 14.8. The van der Waals surface area contributed by atoms with Crippen LogP contribution >= 0.6 is 0 Å². The number of fused-ring (bicyclic) bond motifs is 1. The average molecular weight is 280 g/mol. The highest BCUT2D eigenvalue weighted by Gasteiger charge is 2.23. The molecule has 3 heteroatoms. The van der Waals surface area contributed by atoms with Crippen molar-refractivity contribution in [2.75, 3.05) is 7.05 Å². The van der Waals surface area contributed by atoms with E-state index >= 15 is 0 Å². The van der Waals surface area contributed by atoms with Crippen molar-refractivity contribution >= 4 is 11.0 Å². The van der Waals surface area contributed by atoms with Gasteiger partial charge in [-0.3, -0.25) is 4.98 Å². The minimum absolute atomic E-state index is 0.104. The summed E-state index contributed by atoms with van der Waals surface area (Å²) in [5, 5.41) is 4.51. The summed E-state index contributed by atoms with van der Waals surface area (Å²) in [4.78, 5) is 4.46.